The van der Waals surface area contributed by atoms with E-state index in [1.807, 2.05) is 30.3 Å². The monoisotopic (exact) mass is 336 g/mol. The molecular formula is C17H24N2O3S. The molecule has 1 amide bonds. The van der Waals surface area contributed by atoms with E-state index in [9.17, 15) is 13.2 Å². The molecule has 3 rings (SSSR count). The smallest absolute Gasteiger partial charge is 0.223 e. The van der Waals surface area contributed by atoms with Crippen LogP contribution in [0.25, 0.3) is 0 Å². The SMILES string of the molecule is CNC(=O)[C@H]1CCC[C@]12CCN(S(=O)(=O)Cc1ccccc1)C2. The molecule has 1 aromatic carbocycles. The fourth-order valence-electron chi connectivity index (χ4n) is 4.18. The molecule has 2 atom stereocenters. The van der Waals surface area contributed by atoms with E-state index < -0.39 is 10.0 Å². The Hall–Kier alpha value is -1.40. The van der Waals surface area contributed by atoms with Crippen LogP contribution in [0.5, 0.6) is 0 Å². The maximum Gasteiger partial charge on any atom is 0.223 e. The van der Waals surface area contributed by atoms with Gasteiger partial charge in [0.05, 0.1) is 5.75 Å². The number of sulfonamides is 1. The Morgan fingerprint density at radius 1 is 1.30 bits per heavy atom. The van der Waals surface area contributed by atoms with Gasteiger partial charge in [0, 0.05) is 26.1 Å². The number of benzene rings is 1. The summed E-state index contributed by atoms with van der Waals surface area (Å²) in [6.07, 6.45) is 3.61. The summed E-state index contributed by atoms with van der Waals surface area (Å²) in [5, 5.41) is 2.74. The molecule has 1 saturated heterocycles. The Bertz CT molecular complexity index is 674. The Morgan fingerprint density at radius 3 is 2.74 bits per heavy atom. The molecule has 2 aliphatic rings. The van der Waals surface area contributed by atoms with Crippen LogP contribution in [-0.4, -0.2) is 38.8 Å². The Balaban J connectivity index is 1.75. The van der Waals surface area contributed by atoms with Crippen molar-refractivity contribution in [3.63, 3.8) is 0 Å². The van der Waals surface area contributed by atoms with Crippen molar-refractivity contribution in [2.45, 2.75) is 31.4 Å². The summed E-state index contributed by atoms with van der Waals surface area (Å²) in [4.78, 5) is 12.1. The Kier molecular flexibility index (Phi) is 4.47. The minimum Gasteiger partial charge on any atom is -0.359 e. The van der Waals surface area contributed by atoms with Crippen LogP contribution in [0.4, 0.5) is 0 Å². The summed E-state index contributed by atoms with van der Waals surface area (Å²) >= 11 is 0. The van der Waals surface area contributed by atoms with Crippen LogP contribution in [0.1, 0.15) is 31.2 Å². The van der Waals surface area contributed by atoms with Crippen LogP contribution in [0.2, 0.25) is 0 Å². The van der Waals surface area contributed by atoms with E-state index in [4.69, 9.17) is 0 Å². The van der Waals surface area contributed by atoms with E-state index >= 15 is 0 Å². The molecule has 0 bridgehead atoms. The molecule has 1 aliphatic carbocycles. The third-order valence-electron chi connectivity index (χ3n) is 5.41. The number of nitrogens with zero attached hydrogens (tertiary/aromatic N) is 1. The first-order valence-electron chi connectivity index (χ1n) is 8.20. The summed E-state index contributed by atoms with van der Waals surface area (Å²) in [5.41, 5.74) is 0.645. The molecule has 0 radical (unpaired) electrons. The van der Waals surface area contributed by atoms with Gasteiger partial charge in [-0.3, -0.25) is 4.79 Å². The van der Waals surface area contributed by atoms with Gasteiger partial charge in [0.2, 0.25) is 15.9 Å². The number of hydrogen-bond acceptors (Lipinski definition) is 3. The zero-order valence-electron chi connectivity index (χ0n) is 13.5. The van der Waals surface area contributed by atoms with E-state index in [1.54, 1.807) is 11.4 Å². The topological polar surface area (TPSA) is 66.5 Å². The number of rotatable bonds is 4. The third kappa shape index (κ3) is 3.15. The van der Waals surface area contributed by atoms with Crippen molar-refractivity contribution < 1.29 is 13.2 Å². The third-order valence-corrected chi connectivity index (χ3v) is 7.20. The maximum atomic E-state index is 12.7. The van der Waals surface area contributed by atoms with Crippen LogP contribution in [0.3, 0.4) is 0 Å². The highest BCUT2D eigenvalue weighted by molar-refractivity contribution is 7.88. The first kappa shape index (κ1) is 16.5. The second-order valence-corrected chi connectivity index (χ2v) is 8.72. The van der Waals surface area contributed by atoms with Gasteiger partial charge in [0.1, 0.15) is 0 Å². The number of hydrogen-bond donors (Lipinski definition) is 1. The molecule has 5 nitrogen and oxygen atoms in total. The summed E-state index contributed by atoms with van der Waals surface area (Å²) < 4.78 is 27.0. The first-order valence-corrected chi connectivity index (χ1v) is 9.81. The average Bonchev–Trinajstić information content (AvgIpc) is 3.15. The van der Waals surface area contributed by atoms with Crippen molar-refractivity contribution >= 4 is 15.9 Å². The molecule has 0 aromatic heterocycles. The van der Waals surface area contributed by atoms with Crippen LogP contribution in [0.15, 0.2) is 30.3 Å². The lowest BCUT2D eigenvalue weighted by Gasteiger charge is -2.30. The Morgan fingerprint density at radius 2 is 2.04 bits per heavy atom. The largest absolute Gasteiger partial charge is 0.359 e. The fraction of sp³-hybridized carbons (Fsp3) is 0.588. The van der Waals surface area contributed by atoms with Crippen LogP contribution in [0, 0.1) is 11.3 Å². The minimum absolute atomic E-state index is 0.0363. The lowest BCUT2D eigenvalue weighted by Crippen LogP contribution is -2.40. The van der Waals surface area contributed by atoms with Gasteiger partial charge in [-0.25, -0.2) is 12.7 Å². The molecule has 1 heterocycles. The van der Waals surface area contributed by atoms with Gasteiger partial charge < -0.3 is 5.32 Å². The van der Waals surface area contributed by atoms with Crippen LogP contribution in [-0.2, 0) is 20.6 Å². The van der Waals surface area contributed by atoms with E-state index in [1.165, 1.54) is 0 Å². The zero-order valence-corrected chi connectivity index (χ0v) is 14.3. The van der Waals surface area contributed by atoms with Crippen LogP contribution >= 0.6 is 0 Å². The number of carbonyl (C=O) groups is 1. The van der Waals surface area contributed by atoms with Crippen molar-refractivity contribution in [1.82, 2.24) is 9.62 Å². The van der Waals surface area contributed by atoms with Crippen molar-refractivity contribution in [2.75, 3.05) is 20.1 Å². The van der Waals surface area contributed by atoms with Crippen LogP contribution < -0.4 is 5.32 Å². The van der Waals surface area contributed by atoms with Gasteiger partial charge in [-0.2, -0.15) is 0 Å². The van der Waals surface area contributed by atoms with Gasteiger partial charge in [0.15, 0.2) is 0 Å². The van der Waals surface area contributed by atoms with E-state index in [0.29, 0.717) is 13.1 Å². The highest BCUT2D eigenvalue weighted by Gasteiger charge is 2.52. The second kappa shape index (κ2) is 6.24. The molecule has 0 unspecified atom stereocenters. The van der Waals surface area contributed by atoms with Crippen molar-refractivity contribution in [3.8, 4) is 0 Å². The zero-order chi connectivity index (χ0) is 16.5. The van der Waals surface area contributed by atoms with Crippen molar-refractivity contribution in [3.05, 3.63) is 35.9 Å². The molecule has 6 heteroatoms. The molecule has 2 fully saturated rings. The summed E-state index contributed by atoms with van der Waals surface area (Å²) in [6.45, 7) is 1.02. The van der Waals surface area contributed by atoms with E-state index in [-0.39, 0.29) is 23.0 Å². The molecule has 1 aromatic rings. The molecular weight excluding hydrogens is 312 g/mol. The average molecular weight is 336 g/mol. The maximum absolute atomic E-state index is 12.7. The number of carbonyl (C=O) groups excluding carboxylic acids is 1. The minimum atomic E-state index is -3.33. The molecule has 1 aliphatic heterocycles. The number of nitrogens with one attached hydrogen (secondary N) is 1. The van der Waals surface area contributed by atoms with Crippen molar-refractivity contribution in [2.24, 2.45) is 11.3 Å². The number of amides is 1. The predicted molar refractivity (Wildman–Crippen MR) is 89.1 cm³/mol. The lowest BCUT2D eigenvalue weighted by atomic mass is 9.76. The quantitative estimate of drug-likeness (QED) is 0.911. The van der Waals surface area contributed by atoms with Gasteiger partial charge in [-0.1, -0.05) is 36.8 Å². The summed E-state index contributed by atoms with van der Waals surface area (Å²) in [6, 6.07) is 9.27. The Labute approximate surface area is 138 Å². The normalized spacial score (nSPS) is 28.3. The summed E-state index contributed by atoms with van der Waals surface area (Å²) in [5.74, 6) is 0.0448. The molecule has 1 spiro atoms. The van der Waals surface area contributed by atoms with Gasteiger partial charge in [-0.15, -0.1) is 0 Å². The first-order chi connectivity index (χ1) is 11.0. The predicted octanol–water partition coefficient (Wildman–Crippen LogP) is 1.75. The fourth-order valence-corrected chi connectivity index (χ4v) is 5.80. The molecule has 1 saturated carbocycles. The highest BCUT2D eigenvalue weighted by Crippen LogP contribution is 2.50. The van der Waals surface area contributed by atoms with Gasteiger partial charge in [-0.05, 0) is 30.2 Å². The second-order valence-electron chi connectivity index (χ2n) is 6.75. The van der Waals surface area contributed by atoms with Crippen molar-refractivity contribution in [1.29, 1.82) is 0 Å². The molecule has 126 valence electrons. The molecule has 1 N–H and O–H groups in total. The molecule has 23 heavy (non-hydrogen) atoms. The lowest BCUT2D eigenvalue weighted by molar-refractivity contribution is -0.127. The van der Waals surface area contributed by atoms with Gasteiger partial charge >= 0.3 is 0 Å². The highest BCUT2D eigenvalue weighted by atomic mass is 32.2. The standard InChI is InChI=1S/C17H24N2O3S/c1-18-16(20)15-8-5-9-17(15)10-11-19(13-17)23(21,22)12-14-6-3-2-4-7-14/h2-4,6-7,15H,5,8-13H2,1H3,(H,18,20)/t15-,17-/m1/s1. The van der Waals surface area contributed by atoms with E-state index in [0.717, 1.165) is 31.2 Å². The summed E-state index contributed by atoms with van der Waals surface area (Å²) in [7, 11) is -1.67. The van der Waals surface area contributed by atoms with Gasteiger partial charge in [0.25, 0.3) is 0 Å². The van der Waals surface area contributed by atoms with E-state index in [2.05, 4.69) is 5.32 Å².